The standard InChI is InChI=1S/C37H42O8S/c1-46(38,39)44-23-22-33-35(41-25-30-16-8-3-9-17-30)37(43-27-32-20-12-5-13-21-32)36(42-26-31-18-10-4-11-19-31)34(45-33)28-40-24-29-14-6-2-7-15-29/h2-21,33-37H,22-28H2,1H3/t33-,34-,35-,36-,37-/m1/s1. The van der Waals surface area contributed by atoms with E-state index in [9.17, 15) is 8.42 Å². The van der Waals surface area contributed by atoms with Gasteiger partial charge in [0, 0.05) is 6.42 Å². The van der Waals surface area contributed by atoms with Crippen molar-refractivity contribution < 1.29 is 36.3 Å². The minimum Gasteiger partial charge on any atom is -0.374 e. The summed E-state index contributed by atoms with van der Waals surface area (Å²) in [7, 11) is -3.64. The Labute approximate surface area is 272 Å². The number of ether oxygens (including phenoxy) is 5. The highest BCUT2D eigenvalue weighted by Crippen LogP contribution is 2.32. The van der Waals surface area contributed by atoms with E-state index in [-0.39, 0.29) is 19.6 Å². The van der Waals surface area contributed by atoms with Crippen LogP contribution in [0.15, 0.2) is 121 Å². The van der Waals surface area contributed by atoms with Crippen LogP contribution in [0.5, 0.6) is 0 Å². The predicted molar refractivity (Wildman–Crippen MR) is 175 cm³/mol. The summed E-state index contributed by atoms with van der Waals surface area (Å²) in [6.45, 7) is 1.54. The summed E-state index contributed by atoms with van der Waals surface area (Å²) in [5, 5.41) is 0. The molecule has 9 heteroatoms. The van der Waals surface area contributed by atoms with E-state index >= 15 is 0 Å². The minimum atomic E-state index is -3.64. The highest BCUT2D eigenvalue weighted by Gasteiger charge is 2.48. The molecule has 0 saturated carbocycles. The third kappa shape index (κ3) is 10.8. The summed E-state index contributed by atoms with van der Waals surface area (Å²) in [5.74, 6) is 0. The molecule has 1 heterocycles. The number of hydrogen-bond donors (Lipinski definition) is 0. The topological polar surface area (TPSA) is 89.5 Å². The van der Waals surface area contributed by atoms with Crippen LogP contribution in [0.4, 0.5) is 0 Å². The third-order valence-electron chi connectivity index (χ3n) is 7.68. The molecule has 0 radical (unpaired) electrons. The summed E-state index contributed by atoms with van der Waals surface area (Å²) >= 11 is 0. The van der Waals surface area contributed by atoms with Crippen LogP contribution in [0, 0.1) is 0 Å². The molecule has 0 amide bonds. The number of hydrogen-bond acceptors (Lipinski definition) is 8. The van der Waals surface area contributed by atoms with Gasteiger partial charge in [0.25, 0.3) is 10.1 Å². The first-order chi connectivity index (χ1) is 22.4. The molecule has 0 aromatic heterocycles. The summed E-state index contributed by atoms with van der Waals surface area (Å²) in [5.41, 5.74) is 4.05. The highest BCUT2D eigenvalue weighted by molar-refractivity contribution is 7.85. The second-order valence-corrected chi connectivity index (χ2v) is 13.0. The molecule has 0 spiro atoms. The van der Waals surface area contributed by atoms with E-state index < -0.39 is 40.6 Å². The van der Waals surface area contributed by atoms with Crippen molar-refractivity contribution >= 4 is 10.1 Å². The van der Waals surface area contributed by atoms with Crippen LogP contribution in [0.1, 0.15) is 28.7 Å². The molecule has 0 bridgehead atoms. The zero-order valence-corrected chi connectivity index (χ0v) is 26.9. The average molecular weight is 647 g/mol. The Bertz CT molecular complexity index is 1520. The molecular weight excluding hydrogens is 604 g/mol. The molecule has 1 aliphatic heterocycles. The third-order valence-corrected chi connectivity index (χ3v) is 8.27. The Balaban J connectivity index is 1.43. The van der Waals surface area contributed by atoms with Crippen molar-refractivity contribution in [1.82, 2.24) is 0 Å². The summed E-state index contributed by atoms with van der Waals surface area (Å²) < 4.78 is 61.7. The Kier molecular flexibility index (Phi) is 12.9. The van der Waals surface area contributed by atoms with Gasteiger partial charge in [-0.15, -0.1) is 0 Å². The first kappa shape index (κ1) is 33.9. The largest absolute Gasteiger partial charge is 0.374 e. The molecule has 5 rings (SSSR count). The van der Waals surface area contributed by atoms with Crippen molar-refractivity contribution in [3.63, 3.8) is 0 Å². The van der Waals surface area contributed by atoms with E-state index in [1.165, 1.54) is 0 Å². The molecule has 8 nitrogen and oxygen atoms in total. The maximum Gasteiger partial charge on any atom is 0.264 e. The van der Waals surface area contributed by atoms with Crippen LogP contribution in [0.25, 0.3) is 0 Å². The molecule has 0 unspecified atom stereocenters. The lowest BCUT2D eigenvalue weighted by Gasteiger charge is -2.46. The van der Waals surface area contributed by atoms with Crippen LogP contribution < -0.4 is 0 Å². The fourth-order valence-corrected chi connectivity index (χ4v) is 5.83. The maximum atomic E-state index is 11.8. The monoisotopic (exact) mass is 646 g/mol. The van der Waals surface area contributed by atoms with Crippen LogP contribution in [-0.2, 0) is 64.4 Å². The van der Waals surface area contributed by atoms with Crippen molar-refractivity contribution in [2.45, 2.75) is 63.4 Å². The normalized spacial score (nSPS) is 21.6. The quantitative estimate of drug-likeness (QED) is 0.127. The zero-order chi connectivity index (χ0) is 32.0. The first-order valence-corrected chi connectivity index (χ1v) is 17.3. The Morgan fingerprint density at radius 3 is 1.37 bits per heavy atom. The minimum absolute atomic E-state index is 0.0623. The van der Waals surface area contributed by atoms with Crippen molar-refractivity contribution in [2.24, 2.45) is 0 Å². The van der Waals surface area contributed by atoms with Gasteiger partial charge >= 0.3 is 0 Å². The molecule has 46 heavy (non-hydrogen) atoms. The molecule has 5 atom stereocenters. The molecule has 1 fully saturated rings. The molecule has 0 aliphatic carbocycles. The lowest BCUT2D eigenvalue weighted by molar-refractivity contribution is -0.274. The van der Waals surface area contributed by atoms with Gasteiger partial charge in [-0.1, -0.05) is 121 Å². The van der Waals surface area contributed by atoms with Gasteiger partial charge in [-0.2, -0.15) is 8.42 Å². The van der Waals surface area contributed by atoms with Crippen LogP contribution in [-0.4, -0.2) is 58.4 Å². The van der Waals surface area contributed by atoms with Gasteiger partial charge in [0.15, 0.2) is 0 Å². The molecule has 244 valence electrons. The smallest absolute Gasteiger partial charge is 0.264 e. The van der Waals surface area contributed by atoms with Crippen molar-refractivity contribution in [3.05, 3.63) is 144 Å². The fraction of sp³-hybridized carbons (Fsp3) is 0.351. The molecule has 1 saturated heterocycles. The molecule has 0 N–H and O–H groups in total. The van der Waals surface area contributed by atoms with Gasteiger partial charge < -0.3 is 23.7 Å². The van der Waals surface area contributed by atoms with Gasteiger partial charge in [0.2, 0.25) is 0 Å². The second-order valence-electron chi connectivity index (χ2n) is 11.3. The maximum absolute atomic E-state index is 11.8. The Hall–Kier alpha value is -3.41. The molecular formula is C37H42O8S. The summed E-state index contributed by atoms with van der Waals surface area (Å²) in [6, 6.07) is 39.7. The van der Waals surface area contributed by atoms with Gasteiger partial charge in [0.1, 0.15) is 24.4 Å². The van der Waals surface area contributed by atoms with Crippen LogP contribution >= 0.6 is 0 Å². The SMILES string of the molecule is CS(=O)(=O)OCC[C@H]1O[C@H](COCc2ccccc2)[C@@H](OCc2ccccc2)[C@H](OCc2ccccc2)[C@@H]1OCc1ccccc1. The van der Waals surface area contributed by atoms with E-state index in [2.05, 4.69) is 0 Å². The van der Waals surface area contributed by atoms with Gasteiger partial charge in [-0.3, -0.25) is 4.18 Å². The van der Waals surface area contributed by atoms with Gasteiger partial charge in [-0.05, 0) is 22.3 Å². The number of benzene rings is 4. The van der Waals surface area contributed by atoms with E-state index in [1.54, 1.807) is 0 Å². The summed E-state index contributed by atoms with van der Waals surface area (Å²) in [4.78, 5) is 0. The zero-order valence-electron chi connectivity index (χ0n) is 26.1. The van der Waals surface area contributed by atoms with Gasteiger partial charge in [0.05, 0.1) is 52.0 Å². The van der Waals surface area contributed by atoms with Crippen LogP contribution in [0.2, 0.25) is 0 Å². The predicted octanol–water partition coefficient (Wildman–Crippen LogP) is 6.09. The van der Waals surface area contributed by atoms with E-state index in [4.69, 9.17) is 27.9 Å². The average Bonchev–Trinajstić information content (AvgIpc) is 3.07. The lowest BCUT2D eigenvalue weighted by Crippen LogP contribution is -2.61. The number of rotatable bonds is 17. The Morgan fingerprint density at radius 1 is 0.543 bits per heavy atom. The van der Waals surface area contributed by atoms with E-state index in [1.807, 2.05) is 121 Å². The van der Waals surface area contributed by atoms with Crippen molar-refractivity contribution in [2.75, 3.05) is 19.5 Å². The fourth-order valence-electron chi connectivity index (χ4n) is 5.43. The summed E-state index contributed by atoms with van der Waals surface area (Å²) in [6.07, 6.45) is -1.53. The molecule has 4 aromatic carbocycles. The highest BCUT2D eigenvalue weighted by atomic mass is 32.2. The van der Waals surface area contributed by atoms with E-state index in [0.717, 1.165) is 28.5 Å². The van der Waals surface area contributed by atoms with Gasteiger partial charge in [-0.25, -0.2) is 0 Å². The molecule has 1 aliphatic rings. The van der Waals surface area contributed by atoms with Crippen molar-refractivity contribution in [1.29, 1.82) is 0 Å². The Morgan fingerprint density at radius 2 is 0.935 bits per heavy atom. The first-order valence-electron chi connectivity index (χ1n) is 15.5. The second kappa shape index (κ2) is 17.5. The van der Waals surface area contributed by atoms with Crippen molar-refractivity contribution in [3.8, 4) is 0 Å². The van der Waals surface area contributed by atoms with E-state index in [0.29, 0.717) is 26.4 Å². The molecule has 4 aromatic rings. The van der Waals surface area contributed by atoms with Crippen LogP contribution in [0.3, 0.4) is 0 Å². The lowest BCUT2D eigenvalue weighted by atomic mass is 9.92.